The van der Waals surface area contributed by atoms with Crippen molar-refractivity contribution in [3.05, 3.63) is 11.6 Å². The average molecular weight is 473 g/mol. The first-order valence-corrected chi connectivity index (χ1v) is 13.9. The number of fused-ring (bicyclic) bond motifs is 7. The van der Waals surface area contributed by atoms with E-state index in [0.29, 0.717) is 11.8 Å². The van der Waals surface area contributed by atoms with Crippen LogP contribution in [-0.2, 0) is 4.79 Å². The maximum absolute atomic E-state index is 12.8. The molecule has 0 radical (unpaired) electrons. The summed E-state index contributed by atoms with van der Waals surface area (Å²) < 4.78 is 0. The molecule has 0 bridgehead atoms. The third-order valence-electron chi connectivity index (χ3n) is 13.2. The Morgan fingerprint density at radius 3 is 2.26 bits per heavy atom. The van der Waals surface area contributed by atoms with Crippen LogP contribution in [0.2, 0.25) is 0 Å². The molecule has 4 nitrogen and oxygen atoms in total. The predicted octanol–water partition coefficient (Wildman–Crippen LogP) is 6.21. The maximum Gasteiger partial charge on any atom is 0.310 e. The summed E-state index contributed by atoms with van der Waals surface area (Å²) in [5, 5.41) is 31.8. The lowest BCUT2D eigenvalue weighted by molar-refractivity contribution is -0.216. The Kier molecular flexibility index (Phi) is 5.36. The van der Waals surface area contributed by atoms with Gasteiger partial charge in [-0.15, -0.1) is 0 Å². The number of carbonyl (C=O) groups is 1. The summed E-state index contributed by atoms with van der Waals surface area (Å²) in [6.45, 7) is 14.3. The van der Waals surface area contributed by atoms with E-state index in [1.807, 2.05) is 0 Å². The minimum atomic E-state index is -0.588. The van der Waals surface area contributed by atoms with Gasteiger partial charge in [-0.05, 0) is 104 Å². The minimum Gasteiger partial charge on any atom is -0.481 e. The Morgan fingerprint density at radius 1 is 0.941 bits per heavy atom. The van der Waals surface area contributed by atoms with Gasteiger partial charge >= 0.3 is 5.97 Å². The van der Waals surface area contributed by atoms with E-state index in [2.05, 4.69) is 47.6 Å². The summed E-state index contributed by atoms with van der Waals surface area (Å²) in [6, 6.07) is 0. The molecule has 5 rings (SSSR count). The normalized spacial score (nSPS) is 54.1. The highest BCUT2D eigenvalue weighted by Crippen LogP contribution is 2.75. The molecular formula is C30H48O4. The van der Waals surface area contributed by atoms with Crippen LogP contribution in [0.4, 0.5) is 0 Å². The first-order valence-electron chi connectivity index (χ1n) is 13.9. The van der Waals surface area contributed by atoms with E-state index >= 15 is 0 Å². The first kappa shape index (κ1) is 24.8. The zero-order chi connectivity index (χ0) is 24.9. The van der Waals surface area contributed by atoms with Gasteiger partial charge in [-0.25, -0.2) is 0 Å². The number of allylic oxidation sites excluding steroid dienone is 2. The van der Waals surface area contributed by atoms with Crippen molar-refractivity contribution in [2.75, 3.05) is 6.61 Å². The zero-order valence-corrected chi connectivity index (χ0v) is 22.4. The van der Waals surface area contributed by atoms with Crippen LogP contribution in [0, 0.1) is 50.2 Å². The predicted molar refractivity (Wildman–Crippen MR) is 134 cm³/mol. The van der Waals surface area contributed by atoms with Crippen molar-refractivity contribution in [2.45, 2.75) is 112 Å². The van der Waals surface area contributed by atoms with Gasteiger partial charge in [0.15, 0.2) is 0 Å². The number of aliphatic hydroxyl groups is 2. The largest absolute Gasteiger partial charge is 0.481 e. The van der Waals surface area contributed by atoms with Crippen LogP contribution in [0.1, 0.15) is 106 Å². The lowest BCUT2D eigenvalue weighted by Gasteiger charge is -2.71. The topological polar surface area (TPSA) is 77.8 Å². The summed E-state index contributed by atoms with van der Waals surface area (Å²) in [4.78, 5) is 12.8. The molecule has 5 aliphatic rings. The highest BCUT2D eigenvalue weighted by molar-refractivity contribution is 5.76. The molecule has 0 amide bonds. The molecule has 5 aliphatic carbocycles. The Labute approximate surface area is 206 Å². The van der Waals surface area contributed by atoms with Crippen molar-refractivity contribution >= 4 is 5.97 Å². The zero-order valence-electron chi connectivity index (χ0n) is 22.4. The minimum absolute atomic E-state index is 0.0204. The molecule has 0 aromatic heterocycles. The van der Waals surface area contributed by atoms with E-state index in [1.54, 1.807) is 0 Å². The molecule has 0 aliphatic heterocycles. The van der Waals surface area contributed by atoms with Crippen molar-refractivity contribution in [3.63, 3.8) is 0 Å². The molecule has 0 unspecified atom stereocenters. The Bertz CT molecular complexity index is 907. The molecule has 4 heteroatoms. The number of hydrogen-bond donors (Lipinski definition) is 3. The van der Waals surface area contributed by atoms with Gasteiger partial charge in [-0.3, -0.25) is 4.79 Å². The molecule has 0 heterocycles. The second-order valence-electron chi connectivity index (χ2n) is 14.9. The summed E-state index contributed by atoms with van der Waals surface area (Å²) >= 11 is 0. The van der Waals surface area contributed by atoms with Crippen molar-refractivity contribution in [2.24, 2.45) is 50.2 Å². The molecular weight excluding hydrogens is 424 g/mol. The van der Waals surface area contributed by atoms with Crippen LogP contribution in [0.25, 0.3) is 0 Å². The summed E-state index contributed by atoms with van der Waals surface area (Å²) in [5.74, 6) is 0.395. The SMILES string of the molecule is CC1(C)CC[C@]2(C(=O)O)CC[C@@]3(C)C(=CC[C@@H]4[C@@]5(C)CC[C@H](O)[C@@](C)(CO)[C@@H]5CC[C@]43C)[C@@H]2C1. The Morgan fingerprint density at radius 2 is 1.62 bits per heavy atom. The third-order valence-corrected chi connectivity index (χ3v) is 13.2. The standard InChI is InChI=1S/C30H48O4/c1-25(2)13-15-30(24(33)34)16-14-28(5)19(20(30)17-25)7-8-22-26(3)11-10-23(32)27(4,18-31)21(26)9-12-29(22,28)6/h7,20-23,31-32H,8-18H2,1-6H3,(H,33,34)/t20-,21+,22+,23-,26-,27-,28-,29+,30-/m0/s1. The van der Waals surface area contributed by atoms with Crippen molar-refractivity contribution in [3.8, 4) is 0 Å². The monoisotopic (exact) mass is 472 g/mol. The van der Waals surface area contributed by atoms with E-state index in [0.717, 1.165) is 64.2 Å². The summed E-state index contributed by atoms with van der Waals surface area (Å²) in [6.07, 6.45) is 11.6. The van der Waals surface area contributed by atoms with Crippen LogP contribution >= 0.6 is 0 Å². The lowest BCUT2D eigenvalue weighted by atomic mass is 9.33. The van der Waals surface area contributed by atoms with Gasteiger partial charge in [0.2, 0.25) is 0 Å². The van der Waals surface area contributed by atoms with Gasteiger partial charge < -0.3 is 15.3 Å². The van der Waals surface area contributed by atoms with Crippen LogP contribution < -0.4 is 0 Å². The molecule has 0 spiro atoms. The number of aliphatic carboxylic acids is 1. The van der Waals surface area contributed by atoms with Crippen molar-refractivity contribution in [1.29, 1.82) is 0 Å². The van der Waals surface area contributed by atoms with Gasteiger partial charge in [-0.2, -0.15) is 0 Å². The molecule has 9 atom stereocenters. The van der Waals surface area contributed by atoms with E-state index in [4.69, 9.17) is 0 Å². The molecule has 34 heavy (non-hydrogen) atoms. The lowest BCUT2D eigenvalue weighted by Crippen LogP contribution is -2.65. The van der Waals surface area contributed by atoms with Crippen molar-refractivity contribution < 1.29 is 20.1 Å². The van der Waals surface area contributed by atoms with Crippen LogP contribution in [0.3, 0.4) is 0 Å². The third kappa shape index (κ3) is 2.88. The van der Waals surface area contributed by atoms with Gasteiger partial charge in [-0.1, -0.05) is 53.2 Å². The second-order valence-corrected chi connectivity index (χ2v) is 14.9. The van der Waals surface area contributed by atoms with Gasteiger partial charge in [0.25, 0.3) is 0 Å². The molecule has 4 saturated carbocycles. The molecule has 192 valence electrons. The second kappa shape index (κ2) is 7.34. The summed E-state index contributed by atoms with van der Waals surface area (Å²) in [7, 11) is 0. The van der Waals surface area contributed by atoms with Crippen molar-refractivity contribution in [1.82, 2.24) is 0 Å². The van der Waals surface area contributed by atoms with Gasteiger partial charge in [0.05, 0.1) is 18.1 Å². The maximum atomic E-state index is 12.8. The van der Waals surface area contributed by atoms with E-state index in [9.17, 15) is 20.1 Å². The van der Waals surface area contributed by atoms with Gasteiger partial charge in [0.1, 0.15) is 0 Å². The van der Waals surface area contributed by atoms with Gasteiger partial charge in [0, 0.05) is 5.41 Å². The average Bonchev–Trinajstić information content (AvgIpc) is 2.76. The molecule has 0 aromatic carbocycles. The fraction of sp³-hybridized carbons (Fsp3) is 0.900. The number of carboxylic acids is 1. The van der Waals surface area contributed by atoms with E-state index in [1.165, 1.54) is 5.57 Å². The highest BCUT2D eigenvalue weighted by Gasteiger charge is 2.69. The number of hydrogen-bond acceptors (Lipinski definition) is 3. The van der Waals surface area contributed by atoms with Crippen LogP contribution in [-0.4, -0.2) is 34.0 Å². The Hall–Kier alpha value is -0.870. The highest BCUT2D eigenvalue weighted by atomic mass is 16.4. The van der Waals surface area contributed by atoms with Crippen LogP contribution in [0.5, 0.6) is 0 Å². The fourth-order valence-corrected chi connectivity index (χ4v) is 10.7. The number of rotatable bonds is 2. The number of aliphatic hydroxyl groups excluding tert-OH is 2. The Balaban J connectivity index is 1.60. The van der Waals surface area contributed by atoms with E-state index in [-0.39, 0.29) is 34.2 Å². The smallest absolute Gasteiger partial charge is 0.310 e. The van der Waals surface area contributed by atoms with E-state index < -0.39 is 22.9 Å². The summed E-state index contributed by atoms with van der Waals surface area (Å²) in [5.41, 5.74) is 0.858. The van der Waals surface area contributed by atoms with Crippen LogP contribution in [0.15, 0.2) is 11.6 Å². The molecule has 3 N–H and O–H groups in total. The molecule has 4 fully saturated rings. The fourth-order valence-electron chi connectivity index (χ4n) is 10.7. The molecule has 0 saturated heterocycles. The first-order chi connectivity index (χ1) is 15.7. The molecule has 0 aromatic rings. The number of carboxylic acid groups (broad SMARTS) is 1. The quantitative estimate of drug-likeness (QED) is 0.418.